The third kappa shape index (κ3) is 3.25. The number of nitrogens with one attached hydrogen (secondary N) is 1. The monoisotopic (exact) mass is 309 g/mol. The van der Waals surface area contributed by atoms with E-state index >= 15 is 0 Å². The van der Waals surface area contributed by atoms with E-state index in [1.807, 2.05) is 18.2 Å². The second-order valence-electron chi connectivity index (χ2n) is 5.51. The number of benzene rings is 1. The molecule has 3 rings (SSSR count). The standard InChI is InChI=1S/C15H20ClN3S/c1-11(10-19-8-3-2-4-9-19)17-15-18-13-7-5-6-12(16)14(13)20-15/h5-7,11H,2-4,8-10H2,1H3,(H,17,18). The van der Waals surface area contributed by atoms with Gasteiger partial charge in [0.2, 0.25) is 0 Å². The summed E-state index contributed by atoms with van der Waals surface area (Å²) in [6, 6.07) is 6.29. The van der Waals surface area contributed by atoms with Gasteiger partial charge in [-0.3, -0.25) is 0 Å². The van der Waals surface area contributed by atoms with Crippen LogP contribution in [-0.2, 0) is 0 Å². The summed E-state index contributed by atoms with van der Waals surface area (Å²) in [5.74, 6) is 0. The predicted octanol–water partition coefficient (Wildman–Crippen LogP) is 4.24. The average Bonchev–Trinajstić information content (AvgIpc) is 2.83. The molecule has 0 amide bonds. The fourth-order valence-electron chi connectivity index (χ4n) is 2.76. The van der Waals surface area contributed by atoms with Crippen molar-refractivity contribution in [2.75, 3.05) is 25.0 Å². The zero-order valence-electron chi connectivity index (χ0n) is 11.7. The number of piperidine rings is 1. The molecule has 1 saturated heterocycles. The van der Waals surface area contributed by atoms with Crippen LogP contribution in [0, 0.1) is 0 Å². The van der Waals surface area contributed by atoms with Gasteiger partial charge >= 0.3 is 0 Å². The molecular weight excluding hydrogens is 290 g/mol. The van der Waals surface area contributed by atoms with Crippen molar-refractivity contribution in [1.82, 2.24) is 9.88 Å². The Bertz CT molecular complexity index is 578. The number of hydrogen-bond acceptors (Lipinski definition) is 4. The SMILES string of the molecule is CC(CN1CCCCC1)Nc1nc2cccc(Cl)c2s1. The van der Waals surface area contributed by atoms with Crippen LogP contribution in [0.5, 0.6) is 0 Å². The van der Waals surface area contributed by atoms with Gasteiger partial charge in [-0.05, 0) is 45.0 Å². The van der Waals surface area contributed by atoms with Crippen LogP contribution in [0.2, 0.25) is 5.02 Å². The van der Waals surface area contributed by atoms with Gasteiger partial charge in [-0.2, -0.15) is 0 Å². The van der Waals surface area contributed by atoms with Gasteiger partial charge in [0.25, 0.3) is 0 Å². The first kappa shape index (κ1) is 14.1. The summed E-state index contributed by atoms with van der Waals surface area (Å²) >= 11 is 7.84. The fourth-order valence-corrected chi connectivity index (χ4v) is 4.03. The van der Waals surface area contributed by atoms with Crippen molar-refractivity contribution >= 4 is 38.3 Å². The molecule has 5 heteroatoms. The molecule has 1 aromatic heterocycles. The highest BCUT2D eigenvalue weighted by molar-refractivity contribution is 7.22. The lowest BCUT2D eigenvalue weighted by Crippen LogP contribution is -2.38. The van der Waals surface area contributed by atoms with E-state index in [1.54, 1.807) is 11.3 Å². The van der Waals surface area contributed by atoms with Crippen LogP contribution in [0.1, 0.15) is 26.2 Å². The molecular formula is C15H20ClN3S. The summed E-state index contributed by atoms with van der Waals surface area (Å²) in [5, 5.41) is 5.27. The lowest BCUT2D eigenvalue weighted by atomic mass is 10.1. The van der Waals surface area contributed by atoms with Gasteiger partial charge in [0.15, 0.2) is 5.13 Å². The molecule has 1 aromatic carbocycles. The van der Waals surface area contributed by atoms with E-state index in [2.05, 4.69) is 22.1 Å². The fraction of sp³-hybridized carbons (Fsp3) is 0.533. The van der Waals surface area contributed by atoms with Crippen LogP contribution in [0.25, 0.3) is 10.2 Å². The normalized spacial score (nSPS) is 18.3. The van der Waals surface area contributed by atoms with Gasteiger partial charge in [-0.15, -0.1) is 0 Å². The highest BCUT2D eigenvalue weighted by Crippen LogP contribution is 2.32. The van der Waals surface area contributed by atoms with Crippen molar-refractivity contribution in [2.24, 2.45) is 0 Å². The minimum Gasteiger partial charge on any atom is -0.358 e. The van der Waals surface area contributed by atoms with E-state index in [1.165, 1.54) is 32.4 Å². The number of aromatic nitrogens is 1. The smallest absolute Gasteiger partial charge is 0.184 e. The summed E-state index contributed by atoms with van der Waals surface area (Å²) in [4.78, 5) is 7.15. The topological polar surface area (TPSA) is 28.2 Å². The molecule has 1 aliphatic heterocycles. The van der Waals surface area contributed by atoms with E-state index < -0.39 is 0 Å². The molecule has 0 radical (unpaired) electrons. The number of thiazole rings is 1. The average molecular weight is 310 g/mol. The predicted molar refractivity (Wildman–Crippen MR) is 88.0 cm³/mol. The van der Waals surface area contributed by atoms with Gasteiger partial charge in [0, 0.05) is 12.6 Å². The van der Waals surface area contributed by atoms with Crippen molar-refractivity contribution in [3.05, 3.63) is 23.2 Å². The zero-order chi connectivity index (χ0) is 13.9. The molecule has 1 N–H and O–H groups in total. The molecule has 1 fully saturated rings. The zero-order valence-corrected chi connectivity index (χ0v) is 13.3. The summed E-state index contributed by atoms with van der Waals surface area (Å²) in [6.45, 7) is 5.78. The Morgan fingerprint density at radius 1 is 1.35 bits per heavy atom. The molecule has 20 heavy (non-hydrogen) atoms. The Hall–Kier alpha value is -0.840. The minimum absolute atomic E-state index is 0.410. The summed E-state index contributed by atoms with van der Waals surface area (Å²) in [7, 11) is 0. The molecule has 3 nitrogen and oxygen atoms in total. The molecule has 0 bridgehead atoms. The first-order valence-electron chi connectivity index (χ1n) is 7.26. The lowest BCUT2D eigenvalue weighted by Gasteiger charge is -2.29. The van der Waals surface area contributed by atoms with E-state index in [4.69, 9.17) is 11.6 Å². The van der Waals surface area contributed by atoms with Crippen molar-refractivity contribution in [1.29, 1.82) is 0 Å². The van der Waals surface area contributed by atoms with Crippen molar-refractivity contribution in [3.63, 3.8) is 0 Å². The number of fused-ring (bicyclic) bond motifs is 1. The first-order valence-corrected chi connectivity index (χ1v) is 8.46. The highest BCUT2D eigenvalue weighted by atomic mass is 35.5. The minimum atomic E-state index is 0.410. The van der Waals surface area contributed by atoms with Crippen molar-refractivity contribution < 1.29 is 0 Å². The Balaban J connectivity index is 1.64. The number of nitrogens with zero attached hydrogens (tertiary/aromatic N) is 2. The molecule has 0 spiro atoms. The van der Waals surface area contributed by atoms with Gasteiger partial charge in [-0.25, -0.2) is 4.98 Å². The second kappa shape index (κ2) is 6.29. The van der Waals surface area contributed by atoms with Crippen LogP contribution >= 0.6 is 22.9 Å². The largest absolute Gasteiger partial charge is 0.358 e. The maximum absolute atomic E-state index is 6.20. The molecule has 1 unspecified atom stereocenters. The second-order valence-corrected chi connectivity index (χ2v) is 6.92. The van der Waals surface area contributed by atoms with E-state index in [-0.39, 0.29) is 0 Å². The lowest BCUT2D eigenvalue weighted by molar-refractivity contribution is 0.223. The maximum atomic E-state index is 6.20. The number of likely N-dealkylation sites (tertiary alicyclic amines) is 1. The maximum Gasteiger partial charge on any atom is 0.184 e. The van der Waals surface area contributed by atoms with Crippen LogP contribution in [0.3, 0.4) is 0 Å². The van der Waals surface area contributed by atoms with Crippen LogP contribution < -0.4 is 5.32 Å². The summed E-state index contributed by atoms with van der Waals surface area (Å²) in [6.07, 6.45) is 4.06. The Kier molecular flexibility index (Phi) is 4.44. The van der Waals surface area contributed by atoms with Gasteiger partial charge in [0.1, 0.15) is 0 Å². The highest BCUT2D eigenvalue weighted by Gasteiger charge is 2.14. The summed E-state index contributed by atoms with van der Waals surface area (Å²) < 4.78 is 1.07. The molecule has 1 atom stereocenters. The van der Waals surface area contributed by atoms with Gasteiger partial charge in [-0.1, -0.05) is 35.4 Å². The Morgan fingerprint density at radius 3 is 2.90 bits per heavy atom. The number of hydrogen-bond donors (Lipinski definition) is 1. The van der Waals surface area contributed by atoms with E-state index in [0.717, 1.165) is 26.9 Å². The third-order valence-corrected chi connectivity index (χ3v) is 5.18. The van der Waals surface area contributed by atoms with Gasteiger partial charge < -0.3 is 10.2 Å². The Morgan fingerprint density at radius 2 is 2.15 bits per heavy atom. The molecule has 2 aromatic rings. The van der Waals surface area contributed by atoms with E-state index in [9.17, 15) is 0 Å². The van der Waals surface area contributed by atoms with Crippen LogP contribution in [-0.4, -0.2) is 35.6 Å². The molecule has 0 aliphatic carbocycles. The van der Waals surface area contributed by atoms with Crippen molar-refractivity contribution in [3.8, 4) is 0 Å². The van der Waals surface area contributed by atoms with Crippen LogP contribution in [0.4, 0.5) is 5.13 Å². The molecule has 108 valence electrons. The third-order valence-electron chi connectivity index (χ3n) is 3.72. The van der Waals surface area contributed by atoms with Crippen molar-refractivity contribution in [2.45, 2.75) is 32.2 Å². The quantitative estimate of drug-likeness (QED) is 0.915. The molecule has 2 heterocycles. The number of halogens is 1. The van der Waals surface area contributed by atoms with E-state index in [0.29, 0.717) is 6.04 Å². The Labute approximate surface area is 128 Å². The molecule has 0 saturated carbocycles. The van der Waals surface area contributed by atoms with Gasteiger partial charge in [0.05, 0.1) is 15.2 Å². The summed E-state index contributed by atoms with van der Waals surface area (Å²) in [5.41, 5.74) is 0.982. The first-order chi connectivity index (χ1) is 9.72. The number of anilines is 1. The van der Waals surface area contributed by atoms with Crippen LogP contribution in [0.15, 0.2) is 18.2 Å². The molecule has 1 aliphatic rings. The number of rotatable bonds is 4.